The lowest BCUT2D eigenvalue weighted by molar-refractivity contribution is 0.0802. The summed E-state index contributed by atoms with van der Waals surface area (Å²) < 4.78 is 0. The molecule has 122 valence electrons. The van der Waals surface area contributed by atoms with Crippen LogP contribution in [-0.4, -0.2) is 49.4 Å². The van der Waals surface area contributed by atoms with Gasteiger partial charge in [-0.25, -0.2) is 0 Å². The third-order valence-electron chi connectivity index (χ3n) is 3.82. The molecule has 0 aromatic heterocycles. The number of carbonyl (C=O) groups is 2. The minimum absolute atomic E-state index is 0. The molecule has 0 bridgehead atoms. The van der Waals surface area contributed by atoms with Crippen LogP contribution in [0, 0.1) is 0 Å². The number of carbonyl (C=O) groups excluding carboxylic acids is 2. The molecule has 0 spiro atoms. The molecule has 1 aromatic carbocycles. The van der Waals surface area contributed by atoms with Crippen LogP contribution in [-0.2, 0) is 0 Å². The van der Waals surface area contributed by atoms with E-state index < -0.39 is 0 Å². The van der Waals surface area contributed by atoms with Gasteiger partial charge in [-0.2, -0.15) is 0 Å². The molecule has 2 rings (SSSR count). The largest absolute Gasteiger partial charge is 0.348 e. The molecule has 1 aliphatic heterocycles. The van der Waals surface area contributed by atoms with Crippen molar-refractivity contribution in [3.63, 3.8) is 0 Å². The molecule has 6 heteroatoms. The summed E-state index contributed by atoms with van der Waals surface area (Å²) in [5.41, 5.74) is 1.09. The minimum atomic E-state index is -0.113. The lowest BCUT2D eigenvalue weighted by Gasteiger charge is -2.24. The van der Waals surface area contributed by atoms with Crippen LogP contribution in [0.4, 0.5) is 0 Å². The van der Waals surface area contributed by atoms with E-state index >= 15 is 0 Å². The van der Waals surface area contributed by atoms with Gasteiger partial charge in [-0.15, -0.1) is 12.4 Å². The van der Waals surface area contributed by atoms with E-state index in [2.05, 4.69) is 10.6 Å². The quantitative estimate of drug-likeness (QED) is 0.885. The van der Waals surface area contributed by atoms with E-state index in [1.807, 2.05) is 6.92 Å². The first-order valence-corrected chi connectivity index (χ1v) is 7.49. The molecule has 2 N–H and O–H groups in total. The molecule has 1 atom stereocenters. The standard InChI is InChI=1S/C16H23N3O2.ClH/c1-3-19(2)16(21)13-7-4-6-12(10-13)15(20)18-14-8-5-9-17-11-14;/h4,6-7,10,14,17H,3,5,8-9,11H2,1-2H3,(H,18,20);1H/t14-;/m0./s1. The fourth-order valence-corrected chi connectivity index (χ4v) is 2.40. The van der Waals surface area contributed by atoms with E-state index in [0.29, 0.717) is 17.7 Å². The number of rotatable bonds is 4. The number of benzene rings is 1. The first kappa shape index (κ1) is 18.5. The molecule has 1 aromatic rings. The van der Waals surface area contributed by atoms with Crippen LogP contribution in [0.2, 0.25) is 0 Å². The third kappa shape index (κ3) is 4.71. The van der Waals surface area contributed by atoms with Gasteiger partial charge < -0.3 is 15.5 Å². The van der Waals surface area contributed by atoms with Crippen molar-refractivity contribution in [3.8, 4) is 0 Å². The normalized spacial score (nSPS) is 17.3. The zero-order valence-electron chi connectivity index (χ0n) is 13.1. The highest BCUT2D eigenvalue weighted by atomic mass is 35.5. The van der Waals surface area contributed by atoms with Gasteiger partial charge in [-0.3, -0.25) is 9.59 Å². The lowest BCUT2D eigenvalue weighted by Crippen LogP contribution is -2.45. The van der Waals surface area contributed by atoms with Gasteiger partial charge in [0.2, 0.25) is 0 Å². The van der Waals surface area contributed by atoms with Crippen LogP contribution in [0.3, 0.4) is 0 Å². The molecule has 0 aliphatic carbocycles. The predicted molar refractivity (Wildman–Crippen MR) is 89.7 cm³/mol. The van der Waals surface area contributed by atoms with Gasteiger partial charge >= 0.3 is 0 Å². The second kappa shape index (κ2) is 8.76. The van der Waals surface area contributed by atoms with Crippen molar-refractivity contribution in [2.75, 3.05) is 26.7 Å². The molecule has 1 saturated heterocycles. The van der Waals surface area contributed by atoms with Crippen molar-refractivity contribution in [3.05, 3.63) is 35.4 Å². The maximum absolute atomic E-state index is 12.3. The first-order chi connectivity index (χ1) is 10.1. The highest BCUT2D eigenvalue weighted by Gasteiger charge is 2.17. The molecule has 0 saturated carbocycles. The van der Waals surface area contributed by atoms with Crippen LogP contribution in [0.5, 0.6) is 0 Å². The molecule has 0 radical (unpaired) electrons. The van der Waals surface area contributed by atoms with Gasteiger partial charge in [0.25, 0.3) is 11.8 Å². The Hall–Kier alpha value is -1.59. The Kier molecular flexibility index (Phi) is 7.35. The van der Waals surface area contributed by atoms with Crippen LogP contribution >= 0.6 is 12.4 Å². The summed E-state index contributed by atoms with van der Waals surface area (Å²) >= 11 is 0. The lowest BCUT2D eigenvalue weighted by atomic mass is 10.1. The highest BCUT2D eigenvalue weighted by Crippen LogP contribution is 2.09. The summed E-state index contributed by atoms with van der Waals surface area (Å²) in [7, 11) is 1.75. The van der Waals surface area contributed by atoms with Gasteiger partial charge in [-0.05, 0) is 44.5 Å². The molecular weight excluding hydrogens is 302 g/mol. The fraction of sp³-hybridized carbons (Fsp3) is 0.500. The molecule has 5 nitrogen and oxygen atoms in total. The molecular formula is C16H24ClN3O2. The summed E-state index contributed by atoms with van der Waals surface area (Å²) in [4.78, 5) is 26.0. The smallest absolute Gasteiger partial charge is 0.253 e. The molecule has 1 heterocycles. The van der Waals surface area contributed by atoms with Gasteiger partial charge in [0.05, 0.1) is 0 Å². The van der Waals surface area contributed by atoms with E-state index in [1.54, 1.807) is 36.2 Å². The predicted octanol–water partition coefficient (Wildman–Crippen LogP) is 1.68. The summed E-state index contributed by atoms with van der Waals surface area (Å²) in [6.07, 6.45) is 2.07. The van der Waals surface area contributed by atoms with E-state index in [1.165, 1.54) is 0 Å². The van der Waals surface area contributed by atoms with E-state index in [4.69, 9.17) is 0 Å². The Balaban J connectivity index is 0.00000242. The number of hydrogen-bond donors (Lipinski definition) is 2. The Morgan fingerprint density at radius 2 is 2.09 bits per heavy atom. The number of nitrogens with zero attached hydrogens (tertiary/aromatic N) is 1. The molecule has 22 heavy (non-hydrogen) atoms. The zero-order chi connectivity index (χ0) is 15.2. The number of amides is 2. The van der Waals surface area contributed by atoms with Crippen molar-refractivity contribution < 1.29 is 9.59 Å². The van der Waals surface area contributed by atoms with Gasteiger partial charge in [0, 0.05) is 37.3 Å². The van der Waals surface area contributed by atoms with Crippen molar-refractivity contribution in [2.24, 2.45) is 0 Å². The zero-order valence-corrected chi connectivity index (χ0v) is 13.9. The summed E-state index contributed by atoms with van der Waals surface area (Å²) in [6, 6.07) is 7.08. The van der Waals surface area contributed by atoms with Crippen LogP contribution in [0.15, 0.2) is 24.3 Å². The van der Waals surface area contributed by atoms with Crippen LogP contribution in [0.1, 0.15) is 40.5 Å². The second-order valence-electron chi connectivity index (χ2n) is 5.42. The Morgan fingerprint density at radius 1 is 1.36 bits per heavy atom. The SMILES string of the molecule is CCN(C)C(=O)c1cccc(C(=O)N[C@H]2CCCNC2)c1.Cl. The molecule has 0 unspecified atom stereocenters. The minimum Gasteiger partial charge on any atom is -0.348 e. The van der Waals surface area contributed by atoms with E-state index in [0.717, 1.165) is 25.9 Å². The Morgan fingerprint density at radius 3 is 2.73 bits per heavy atom. The van der Waals surface area contributed by atoms with Crippen molar-refractivity contribution in [1.29, 1.82) is 0 Å². The fourth-order valence-electron chi connectivity index (χ4n) is 2.40. The van der Waals surface area contributed by atoms with Crippen molar-refractivity contribution >= 4 is 24.2 Å². The van der Waals surface area contributed by atoms with E-state index in [9.17, 15) is 9.59 Å². The topological polar surface area (TPSA) is 61.4 Å². The highest BCUT2D eigenvalue weighted by molar-refractivity contribution is 5.99. The number of hydrogen-bond acceptors (Lipinski definition) is 3. The summed E-state index contributed by atoms with van der Waals surface area (Å²) in [5, 5.41) is 6.29. The van der Waals surface area contributed by atoms with Crippen molar-refractivity contribution in [1.82, 2.24) is 15.5 Å². The van der Waals surface area contributed by atoms with Gasteiger partial charge in [0.15, 0.2) is 0 Å². The van der Waals surface area contributed by atoms with Crippen molar-refractivity contribution in [2.45, 2.75) is 25.8 Å². The number of piperidine rings is 1. The van der Waals surface area contributed by atoms with E-state index in [-0.39, 0.29) is 30.3 Å². The van der Waals surface area contributed by atoms with Gasteiger partial charge in [0.1, 0.15) is 0 Å². The molecule has 2 amide bonds. The second-order valence-corrected chi connectivity index (χ2v) is 5.42. The average Bonchev–Trinajstić information content (AvgIpc) is 2.54. The summed E-state index contributed by atoms with van der Waals surface area (Å²) in [6.45, 7) is 4.39. The maximum Gasteiger partial charge on any atom is 0.253 e. The summed E-state index contributed by atoms with van der Waals surface area (Å²) in [5.74, 6) is -0.177. The van der Waals surface area contributed by atoms with Crippen LogP contribution < -0.4 is 10.6 Å². The molecule has 1 fully saturated rings. The Labute approximate surface area is 137 Å². The van der Waals surface area contributed by atoms with Crippen LogP contribution in [0.25, 0.3) is 0 Å². The first-order valence-electron chi connectivity index (χ1n) is 7.49. The maximum atomic E-state index is 12.3. The third-order valence-corrected chi connectivity index (χ3v) is 3.82. The Bertz CT molecular complexity index is 516. The number of nitrogens with one attached hydrogen (secondary N) is 2. The average molecular weight is 326 g/mol. The molecule has 1 aliphatic rings. The van der Waals surface area contributed by atoms with Gasteiger partial charge in [-0.1, -0.05) is 6.07 Å². The monoisotopic (exact) mass is 325 g/mol. The number of halogens is 1.